The molecule has 0 radical (unpaired) electrons. The lowest BCUT2D eigenvalue weighted by atomic mass is 10.3. The van der Waals surface area contributed by atoms with Crippen molar-refractivity contribution in [3.05, 3.63) is 35.3 Å². The first-order valence-corrected chi connectivity index (χ1v) is 5.96. The van der Waals surface area contributed by atoms with Crippen molar-refractivity contribution in [2.75, 3.05) is 5.73 Å². The van der Waals surface area contributed by atoms with E-state index in [9.17, 15) is 4.79 Å². The Bertz CT molecular complexity index is 733. The third-order valence-electron chi connectivity index (χ3n) is 2.45. The quantitative estimate of drug-likeness (QED) is 0.732. The van der Waals surface area contributed by atoms with Crippen molar-refractivity contribution >= 4 is 28.8 Å². The van der Waals surface area contributed by atoms with Gasteiger partial charge in [-0.3, -0.25) is 0 Å². The van der Waals surface area contributed by atoms with Gasteiger partial charge in [-0.05, 0) is 11.4 Å². The minimum Gasteiger partial charge on any atom is -0.476 e. The maximum atomic E-state index is 10.9. The highest BCUT2D eigenvalue weighted by molar-refractivity contribution is 7.13. The number of hydrogen-bond donors (Lipinski definition) is 2. The van der Waals surface area contributed by atoms with Gasteiger partial charge in [-0.15, -0.1) is 11.3 Å². The number of aromatic nitrogens is 3. The lowest BCUT2D eigenvalue weighted by Crippen LogP contribution is -2.02. The number of nitrogens with zero attached hydrogens (tertiary/aromatic N) is 3. The van der Waals surface area contributed by atoms with Gasteiger partial charge < -0.3 is 10.8 Å². The standard InChI is InChI=1S/C11H8N4O2S/c12-9-4-6(8-2-1-3-18-8)13-10-5-7(11(16)17)14-15(9)10/h1-5H,12H2,(H,16,17). The van der Waals surface area contributed by atoms with Gasteiger partial charge in [-0.2, -0.15) is 9.61 Å². The number of fused-ring (bicyclic) bond motifs is 1. The fourth-order valence-corrected chi connectivity index (χ4v) is 2.34. The molecule has 6 nitrogen and oxygen atoms in total. The minimum atomic E-state index is -1.10. The number of rotatable bonds is 2. The Morgan fingerprint density at radius 2 is 2.28 bits per heavy atom. The number of carboxylic acids is 1. The lowest BCUT2D eigenvalue weighted by molar-refractivity contribution is 0.0690. The summed E-state index contributed by atoms with van der Waals surface area (Å²) in [7, 11) is 0. The molecule has 0 aliphatic heterocycles. The van der Waals surface area contributed by atoms with Crippen LogP contribution in [-0.2, 0) is 0 Å². The van der Waals surface area contributed by atoms with E-state index in [1.807, 2.05) is 17.5 Å². The fourth-order valence-electron chi connectivity index (χ4n) is 1.65. The number of hydrogen-bond acceptors (Lipinski definition) is 5. The summed E-state index contributed by atoms with van der Waals surface area (Å²) in [6.45, 7) is 0. The largest absolute Gasteiger partial charge is 0.476 e. The van der Waals surface area contributed by atoms with Crippen LogP contribution in [0, 0.1) is 0 Å². The molecule has 18 heavy (non-hydrogen) atoms. The molecule has 0 amide bonds. The number of carbonyl (C=O) groups is 1. The average Bonchev–Trinajstić information content (AvgIpc) is 2.97. The van der Waals surface area contributed by atoms with Crippen LogP contribution < -0.4 is 5.73 Å². The summed E-state index contributed by atoms with van der Waals surface area (Å²) < 4.78 is 1.32. The highest BCUT2D eigenvalue weighted by atomic mass is 32.1. The maximum absolute atomic E-state index is 10.9. The van der Waals surface area contributed by atoms with Crippen molar-refractivity contribution < 1.29 is 9.90 Å². The molecule has 0 aliphatic carbocycles. The van der Waals surface area contributed by atoms with Crippen LogP contribution in [0.4, 0.5) is 5.82 Å². The van der Waals surface area contributed by atoms with Crippen molar-refractivity contribution in [3.63, 3.8) is 0 Å². The van der Waals surface area contributed by atoms with Gasteiger partial charge in [0, 0.05) is 12.1 Å². The SMILES string of the molecule is Nc1cc(-c2cccs2)nc2cc(C(=O)O)nn12. The lowest BCUT2D eigenvalue weighted by Gasteiger charge is -2.01. The van der Waals surface area contributed by atoms with Crippen LogP contribution in [0.5, 0.6) is 0 Å². The zero-order chi connectivity index (χ0) is 12.7. The number of aromatic carboxylic acids is 1. The van der Waals surface area contributed by atoms with E-state index in [1.54, 1.807) is 17.4 Å². The Balaban J connectivity index is 2.24. The van der Waals surface area contributed by atoms with Gasteiger partial charge in [0.05, 0.1) is 10.6 Å². The summed E-state index contributed by atoms with van der Waals surface area (Å²) in [6.07, 6.45) is 0. The zero-order valence-electron chi connectivity index (χ0n) is 9.07. The second kappa shape index (κ2) is 3.81. The number of thiophene rings is 1. The maximum Gasteiger partial charge on any atom is 0.356 e. The molecule has 3 heterocycles. The van der Waals surface area contributed by atoms with Crippen molar-refractivity contribution in [2.24, 2.45) is 0 Å². The van der Waals surface area contributed by atoms with Gasteiger partial charge in [0.15, 0.2) is 11.3 Å². The molecular weight excluding hydrogens is 252 g/mol. The van der Waals surface area contributed by atoms with E-state index in [1.165, 1.54) is 10.6 Å². The molecule has 0 spiro atoms. The Kier molecular flexibility index (Phi) is 2.27. The summed E-state index contributed by atoms with van der Waals surface area (Å²) >= 11 is 1.54. The molecule has 0 saturated heterocycles. The van der Waals surface area contributed by atoms with Gasteiger partial charge >= 0.3 is 5.97 Å². The Hall–Kier alpha value is -2.41. The van der Waals surface area contributed by atoms with Crippen molar-refractivity contribution in [2.45, 2.75) is 0 Å². The molecule has 90 valence electrons. The fraction of sp³-hybridized carbons (Fsp3) is 0. The molecule has 0 aromatic carbocycles. The van der Waals surface area contributed by atoms with Crippen LogP contribution >= 0.6 is 11.3 Å². The van der Waals surface area contributed by atoms with Gasteiger partial charge in [-0.1, -0.05) is 6.07 Å². The molecule has 3 rings (SSSR count). The Labute approximate surface area is 105 Å². The van der Waals surface area contributed by atoms with Crippen LogP contribution in [-0.4, -0.2) is 25.7 Å². The van der Waals surface area contributed by atoms with E-state index in [4.69, 9.17) is 10.8 Å². The summed E-state index contributed by atoms with van der Waals surface area (Å²) in [5.41, 5.74) is 6.92. The highest BCUT2D eigenvalue weighted by Gasteiger charge is 2.13. The molecular formula is C11H8N4O2S. The van der Waals surface area contributed by atoms with Crippen LogP contribution in [0.25, 0.3) is 16.2 Å². The van der Waals surface area contributed by atoms with Crippen LogP contribution in [0.15, 0.2) is 29.6 Å². The third-order valence-corrected chi connectivity index (χ3v) is 3.34. The first-order chi connectivity index (χ1) is 8.65. The van der Waals surface area contributed by atoms with Crippen molar-refractivity contribution in [1.82, 2.24) is 14.6 Å². The summed E-state index contributed by atoms with van der Waals surface area (Å²) in [4.78, 5) is 16.2. The number of anilines is 1. The molecule has 0 unspecified atom stereocenters. The predicted molar refractivity (Wildman–Crippen MR) is 67.7 cm³/mol. The van der Waals surface area contributed by atoms with Gasteiger partial charge in [0.25, 0.3) is 0 Å². The summed E-state index contributed by atoms with van der Waals surface area (Å²) in [5, 5.41) is 14.7. The molecule has 3 N–H and O–H groups in total. The van der Waals surface area contributed by atoms with Crippen molar-refractivity contribution in [3.8, 4) is 10.6 Å². The van der Waals surface area contributed by atoms with Gasteiger partial charge in [0.1, 0.15) is 5.82 Å². The average molecular weight is 260 g/mol. The van der Waals surface area contributed by atoms with Gasteiger partial charge in [-0.25, -0.2) is 9.78 Å². The minimum absolute atomic E-state index is 0.0717. The smallest absolute Gasteiger partial charge is 0.356 e. The predicted octanol–water partition coefficient (Wildman–Crippen LogP) is 1.74. The molecule has 0 atom stereocenters. The van der Waals surface area contributed by atoms with Crippen LogP contribution in [0.2, 0.25) is 0 Å². The number of nitrogen functional groups attached to an aromatic ring is 1. The van der Waals surface area contributed by atoms with Crippen molar-refractivity contribution in [1.29, 1.82) is 0 Å². The Morgan fingerprint density at radius 3 is 2.94 bits per heavy atom. The first-order valence-electron chi connectivity index (χ1n) is 5.08. The normalized spacial score (nSPS) is 10.9. The molecule has 0 aliphatic rings. The van der Waals surface area contributed by atoms with E-state index in [-0.39, 0.29) is 5.69 Å². The summed E-state index contributed by atoms with van der Waals surface area (Å²) in [6, 6.07) is 6.92. The zero-order valence-corrected chi connectivity index (χ0v) is 9.89. The molecule has 0 saturated carbocycles. The summed E-state index contributed by atoms with van der Waals surface area (Å²) in [5.74, 6) is -0.742. The van der Waals surface area contributed by atoms with Crippen LogP contribution in [0.1, 0.15) is 10.5 Å². The second-order valence-corrected chi connectivity index (χ2v) is 4.60. The van der Waals surface area contributed by atoms with E-state index in [0.29, 0.717) is 17.2 Å². The molecule has 0 bridgehead atoms. The number of carboxylic acid groups (broad SMARTS) is 1. The van der Waals surface area contributed by atoms with Gasteiger partial charge in [0.2, 0.25) is 0 Å². The third kappa shape index (κ3) is 1.61. The van der Waals surface area contributed by atoms with E-state index >= 15 is 0 Å². The van der Waals surface area contributed by atoms with Crippen LogP contribution in [0.3, 0.4) is 0 Å². The molecule has 3 aromatic heterocycles. The van der Waals surface area contributed by atoms with E-state index < -0.39 is 5.97 Å². The Morgan fingerprint density at radius 1 is 1.44 bits per heavy atom. The molecule has 7 heteroatoms. The molecule has 3 aromatic rings. The van der Waals surface area contributed by atoms with E-state index in [2.05, 4.69) is 10.1 Å². The highest BCUT2D eigenvalue weighted by Crippen LogP contribution is 2.25. The number of nitrogens with two attached hydrogens (primary N) is 1. The second-order valence-electron chi connectivity index (χ2n) is 3.65. The molecule has 0 fully saturated rings. The monoisotopic (exact) mass is 260 g/mol. The first kappa shape index (κ1) is 10.7. The topological polar surface area (TPSA) is 93.5 Å². The van der Waals surface area contributed by atoms with E-state index in [0.717, 1.165) is 4.88 Å².